The molecule has 0 aliphatic heterocycles. The number of oxazole rings is 1. The van der Waals surface area contributed by atoms with Crippen LogP contribution in [0.3, 0.4) is 0 Å². The van der Waals surface area contributed by atoms with Crippen molar-refractivity contribution < 1.29 is 23.5 Å². The van der Waals surface area contributed by atoms with Crippen LogP contribution in [-0.2, 0) is 4.79 Å². The number of allylic oxidation sites excluding steroid dienone is 1. The Bertz CT molecular complexity index is 1140. The molecule has 1 amide bonds. The molecule has 0 atom stereocenters. The fourth-order valence-electron chi connectivity index (χ4n) is 2.32. The highest BCUT2D eigenvalue weighted by molar-refractivity contribution is 8.06. The second-order valence-electron chi connectivity index (χ2n) is 5.83. The Morgan fingerprint density at radius 1 is 1.24 bits per heavy atom. The molecule has 9 heteroatoms. The number of carbonyl (C=O) groups excluding carboxylic acids is 1. The van der Waals surface area contributed by atoms with Gasteiger partial charge in [0.1, 0.15) is 5.52 Å². The molecule has 29 heavy (non-hydrogen) atoms. The predicted molar refractivity (Wildman–Crippen MR) is 110 cm³/mol. The Morgan fingerprint density at radius 2 is 1.97 bits per heavy atom. The molecule has 148 valence electrons. The van der Waals surface area contributed by atoms with Gasteiger partial charge in [0.25, 0.3) is 5.89 Å². The van der Waals surface area contributed by atoms with Crippen LogP contribution in [0.1, 0.15) is 23.2 Å². The zero-order valence-electron chi connectivity index (χ0n) is 15.0. The summed E-state index contributed by atoms with van der Waals surface area (Å²) in [7, 11) is 0. The molecule has 0 bridgehead atoms. The zero-order chi connectivity index (χ0) is 21.0. The molecule has 0 fully saturated rings. The van der Waals surface area contributed by atoms with Gasteiger partial charge in [-0.05, 0) is 47.7 Å². The maximum Gasteiger partial charge on any atom is 0.330 e. The number of carbonyl (C=O) groups is 2. The fraction of sp³-hybridized carbons (Fsp3) is 0.0500. The van der Waals surface area contributed by atoms with Crippen LogP contribution in [0.2, 0.25) is 5.02 Å². The van der Waals surface area contributed by atoms with Gasteiger partial charge < -0.3 is 14.8 Å². The van der Waals surface area contributed by atoms with Crippen molar-refractivity contribution in [1.29, 1.82) is 0 Å². The lowest BCUT2D eigenvalue weighted by Crippen LogP contribution is -2.22. The second-order valence-corrected chi connectivity index (χ2v) is 7.18. The highest BCUT2D eigenvalue weighted by Crippen LogP contribution is 2.24. The molecule has 3 rings (SSSR count). The minimum atomic E-state index is -1.24. The number of carboxylic acids is 1. The average Bonchev–Trinajstić information content (AvgIpc) is 3.12. The number of hydrogen-bond acceptors (Lipinski definition) is 5. The van der Waals surface area contributed by atoms with Crippen molar-refractivity contribution in [2.45, 2.75) is 6.92 Å². The number of fused-ring (bicyclic) bond motifs is 1. The molecule has 2 aromatic carbocycles. The van der Waals surface area contributed by atoms with Gasteiger partial charge in [-0.3, -0.25) is 4.79 Å². The third kappa shape index (κ3) is 5.24. The van der Waals surface area contributed by atoms with E-state index in [2.05, 4.69) is 10.3 Å². The number of para-hydroxylation sites is 1. The van der Waals surface area contributed by atoms with Gasteiger partial charge >= 0.3 is 11.9 Å². The van der Waals surface area contributed by atoms with Gasteiger partial charge in [-0.15, -0.1) is 0 Å². The zero-order valence-corrected chi connectivity index (χ0v) is 16.6. The number of aromatic nitrogens is 1. The van der Waals surface area contributed by atoms with E-state index in [-0.39, 0.29) is 22.0 Å². The summed E-state index contributed by atoms with van der Waals surface area (Å²) < 4.78 is 18.9. The van der Waals surface area contributed by atoms with Gasteiger partial charge in [-0.1, -0.05) is 41.6 Å². The Labute approximate surface area is 174 Å². The molecule has 0 radical (unpaired) electrons. The van der Waals surface area contributed by atoms with Crippen LogP contribution in [0.5, 0.6) is 0 Å². The van der Waals surface area contributed by atoms with Crippen LogP contribution in [0.4, 0.5) is 4.39 Å². The van der Waals surface area contributed by atoms with E-state index in [0.29, 0.717) is 5.02 Å². The molecular formula is C20H14ClFN2O4S. The Balaban J connectivity index is 1.78. The monoisotopic (exact) mass is 432 g/mol. The van der Waals surface area contributed by atoms with Crippen LogP contribution < -0.4 is 5.32 Å². The number of thioether (sulfide) groups is 1. The molecule has 0 unspecified atom stereocenters. The molecule has 0 spiro atoms. The van der Waals surface area contributed by atoms with Crippen LogP contribution in [-0.4, -0.2) is 22.0 Å². The SMILES string of the molecule is C/C(=C\S/C(=C/C(=O)O)NC(=O)c1nc2cccc(F)c2o1)c1ccc(Cl)cc1. The van der Waals surface area contributed by atoms with E-state index in [1.54, 1.807) is 17.5 Å². The lowest BCUT2D eigenvalue weighted by Gasteiger charge is -2.06. The van der Waals surface area contributed by atoms with Crippen molar-refractivity contribution >= 4 is 51.9 Å². The van der Waals surface area contributed by atoms with E-state index < -0.39 is 17.7 Å². The van der Waals surface area contributed by atoms with Gasteiger partial charge in [0.05, 0.1) is 11.1 Å². The Morgan fingerprint density at radius 3 is 2.62 bits per heavy atom. The van der Waals surface area contributed by atoms with Gasteiger partial charge in [0, 0.05) is 5.02 Å². The standard InChI is InChI=1S/C20H14ClFN2O4S/c1-11(12-5-7-13(21)8-6-12)10-29-16(9-17(25)26)24-19(27)20-23-15-4-2-3-14(22)18(15)28-20/h2-10H,1H3,(H,24,27)(H,25,26)/b11-10+,16-9+. The highest BCUT2D eigenvalue weighted by atomic mass is 35.5. The number of benzene rings is 2. The van der Waals surface area contributed by atoms with Crippen LogP contribution >= 0.6 is 23.4 Å². The highest BCUT2D eigenvalue weighted by Gasteiger charge is 2.18. The van der Waals surface area contributed by atoms with E-state index in [0.717, 1.165) is 29.0 Å². The Hall–Kier alpha value is -3.10. The minimum absolute atomic E-state index is 0.0403. The quantitative estimate of drug-likeness (QED) is 0.528. The number of halogens is 2. The number of amides is 1. The third-order valence-corrected chi connectivity index (χ3v) is 4.91. The summed E-state index contributed by atoms with van der Waals surface area (Å²) in [5.74, 6) is -3.06. The molecule has 0 aliphatic rings. The summed E-state index contributed by atoms with van der Waals surface area (Å²) in [6, 6.07) is 11.2. The summed E-state index contributed by atoms with van der Waals surface area (Å²) in [6.45, 7) is 1.83. The molecule has 1 aromatic heterocycles. The maximum absolute atomic E-state index is 13.7. The summed E-state index contributed by atoms with van der Waals surface area (Å²) in [5.41, 5.74) is 1.76. The van der Waals surface area contributed by atoms with E-state index in [9.17, 15) is 14.0 Å². The smallest absolute Gasteiger partial charge is 0.330 e. The largest absolute Gasteiger partial charge is 0.478 e. The predicted octanol–water partition coefficient (Wildman–Crippen LogP) is 5.07. The summed E-state index contributed by atoms with van der Waals surface area (Å²) in [4.78, 5) is 27.4. The number of nitrogens with one attached hydrogen (secondary N) is 1. The van der Waals surface area contributed by atoms with Crippen molar-refractivity contribution in [1.82, 2.24) is 10.3 Å². The number of aliphatic carboxylic acids is 1. The molecular weight excluding hydrogens is 419 g/mol. The summed E-state index contributed by atoms with van der Waals surface area (Å²) >= 11 is 6.87. The molecule has 0 saturated heterocycles. The minimum Gasteiger partial charge on any atom is -0.478 e. The molecule has 3 aromatic rings. The van der Waals surface area contributed by atoms with Crippen LogP contribution in [0.15, 0.2) is 63.4 Å². The lowest BCUT2D eigenvalue weighted by atomic mass is 10.1. The maximum atomic E-state index is 13.7. The summed E-state index contributed by atoms with van der Waals surface area (Å²) in [6.07, 6.45) is 0.845. The second kappa shape index (κ2) is 8.93. The number of carboxylic acid groups (broad SMARTS) is 1. The first-order chi connectivity index (χ1) is 13.8. The van der Waals surface area contributed by atoms with Crippen molar-refractivity contribution in [3.8, 4) is 0 Å². The van der Waals surface area contributed by atoms with Crippen molar-refractivity contribution in [3.63, 3.8) is 0 Å². The van der Waals surface area contributed by atoms with E-state index in [4.69, 9.17) is 21.1 Å². The van der Waals surface area contributed by atoms with Gasteiger partial charge in [-0.25, -0.2) is 14.2 Å². The summed E-state index contributed by atoms with van der Waals surface area (Å²) in [5, 5.41) is 13.8. The van der Waals surface area contributed by atoms with Gasteiger partial charge in [-0.2, -0.15) is 0 Å². The number of hydrogen-bond donors (Lipinski definition) is 2. The normalized spacial score (nSPS) is 12.2. The topological polar surface area (TPSA) is 92.4 Å². The first kappa shape index (κ1) is 20.6. The van der Waals surface area contributed by atoms with E-state index >= 15 is 0 Å². The van der Waals surface area contributed by atoms with E-state index in [1.807, 2.05) is 19.1 Å². The van der Waals surface area contributed by atoms with Gasteiger partial charge in [0.2, 0.25) is 0 Å². The molecule has 0 aliphatic carbocycles. The first-order valence-corrected chi connectivity index (χ1v) is 9.49. The third-order valence-electron chi connectivity index (χ3n) is 3.71. The lowest BCUT2D eigenvalue weighted by molar-refractivity contribution is -0.131. The van der Waals surface area contributed by atoms with Gasteiger partial charge in [0.15, 0.2) is 11.4 Å². The van der Waals surface area contributed by atoms with Crippen LogP contribution in [0.25, 0.3) is 16.7 Å². The van der Waals surface area contributed by atoms with E-state index in [1.165, 1.54) is 18.2 Å². The molecule has 2 N–H and O–H groups in total. The van der Waals surface area contributed by atoms with Crippen LogP contribution in [0, 0.1) is 5.82 Å². The Kier molecular flexibility index (Phi) is 6.36. The van der Waals surface area contributed by atoms with Crippen molar-refractivity contribution in [3.05, 3.63) is 81.3 Å². The molecule has 6 nitrogen and oxygen atoms in total. The molecule has 1 heterocycles. The fourth-order valence-corrected chi connectivity index (χ4v) is 3.21. The number of rotatable bonds is 6. The average molecular weight is 433 g/mol. The van der Waals surface area contributed by atoms with Crippen molar-refractivity contribution in [2.24, 2.45) is 0 Å². The first-order valence-electron chi connectivity index (χ1n) is 8.24. The number of nitrogens with zero attached hydrogens (tertiary/aromatic N) is 1. The molecule has 0 saturated carbocycles. The van der Waals surface area contributed by atoms with Crippen molar-refractivity contribution in [2.75, 3.05) is 0 Å².